The van der Waals surface area contributed by atoms with E-state index in [2.05, 4.69) is 10.2 Å². The Labute approximate surface area is 152 Å². The maximum absolute atomic E-state index is 12.5. The monoisotopic (exact) mass is 354 g/mol. The van der Waals surface area contributed by atoms with E-state index in [1.165, 1.54) is 0 Å². The highest BCUT2D eigenvalue weighted by molar-refractivity contribution is 6.08. The van der Waals surface area contributed by atoms with Gasteiger partial charge in [-0.15, -0.1) is 0 Å². The third-order valence-electron chi connectivity index (χ3n) is 4.18. The number of nitrogens with zero attached hydrogens (tertiary/aromatic N) is 1. The standard InChI is InChI=1S/C20H22N2O4/c1-2-26-20(24)17-5-3-4-6-18(17)21-19(23)15-7-9-16(10-8-15)22-11-13-25-14-12-22/h3-10H,2,11-14H2,1H3,(H,21,23). The average Bonchev–Trinajstić information content (AvgIpc) is 2.69. The average molecular weight is 354 g/mol. The molecule has 0 radical (unpaired) electrons. The van der Waals surface area contributed by atoms with Gasteiger partial charge in [0, 0.05) is 24.3 Å². The lowest BCUT2D eigenvalue weighted by Gasteiger charge is -2.28. The molecule has 1 N–H and O–H groups in total. The highest BCUT2D eigenvalue weighted by Gasteiger charge is 2.16. The zero-order valence-electron chi connectivity index (χ0n) is 14.7. The van der Waals surface area contributed by atoms with Crippen molar-refractivity contribution in [1.82, 2.24) is 0 Å². The van der Waals surface area contributed by atoms with Crippen LogP contribution in [-0.4, -0.2) is 44.8 Å². The van der Waals surface area contributed by atoms with Crippen molar-refractivity contribution in [2.45, 2.75) is 6.92 Å². The SMILES string of the molecule is CCOC(=O)c1ccccc1NC(=O)c1ccc(N2CCOCC2)cc1. The Balaban J connectivity index is 1.71. The number of carbonyl (C=O) groups excluding carboxylic acids is 2. The van der Waals surface area contributed by atoms with Gasteiger partial charge >= 0.3 is 5.97 Å². The summed E-state index contributed by atoms with van der Waals surface area (Å²) >= 11 is 0. The van der Waals surface area contributed by atoms with Gasteiger partial charge in [0.15, 0.2) is 0 Å². The number of benzene rings is 2. The van der Waals surface area contributed by atoms with Gasteiger partial charge in [0.1, 0.15) is 0 Å². The molecule has 6 heteroatoms. The van der Waals surface area contributed by atoms with Crippen LogP contribution in [0, 0.1) is 0 Å². The maximum atomic E-state index is 12.5. The third kappa shape index (κ3) is 4.21. The van der Waals surface area contributed by atoms with E-state index in [4.69, 9.17) is 9.47 Å². The minimum atomic E-state index is -0.453. The zero-order valence-corrected chi connectivity index (χ0v) is 14.7. The van der Waals surface area contributed by atoms with E-state index in [1.54, 1.807) is 43.3 Å². The number of ether oxygens (including phenoxy) is 2. The predicted molar refractivity (Wildman–Crippen MR) is 99.8 cm³/mol. The van der Waals surface area contributed by atoms with Crippen molar-refractivity contribution >= 4 is 23.3 Å². The molecule has 136 valence electrons. The summed E-state index contributed by atoms with van der Waals surface area (Å²) < 4.78 is 10.4. The lowest BCUT2D eigenvalue weighted by atomic mass is 10.1. The van der Waals surface area contributed by atoms with Gasteiger partial charge in [-0.1, -0.05) is 12.1 Å². The van der Waals surface area contributed by atoms with Crippen LogP contribution in [0.5, 0.6) is 0 Å². The Hall–Kier alpha value is -2.86. The van der Waals surface area contributed by atoms with Gasteiger partial charge in [0.05, 0.1) is 31.1 Å². The molecule has 1 aliphatic rings. The summed E-state index contributed by atoms with van der Waals surface area (Å²) in [5.74, 6) is -0.721. The maximum Gasteiger partial charge on any atom is 0.340 e. The van der Waals surface area contributed by atoms with E-state index in [-0.39, 0.29) is 12.5 Å². The number of carbonyl (C=O) groups is 2. The van der Waals surface area contributed by atoms with Crippen molar-refractivity contribution in [1.29, 1.82) is 0 Å². The second-order valence-electron chi connectivity index (χ2n) is 5.87. The molecule has 2 aromatic rings. The second-order valence-corrected chi connectivity index (χ2v) is 5.87. The highest BCUT2D eigenvalue weighted by atomic mass is 16.5. The van der Waals surface area contributed by atoms with Crippen molar-refractivity contribution in [2.24, 2.45) is 0 Å². The van der Waals surface area contributed by atoms with Gasteiger partial charge in [-0.3, -0.25) is 4.79 Å². The van der Waals surface area contributed by atoms with Crippen LogP contribution in [0.4, 0.5) is 11.4 Å². The lowest BCUT2D eigenvalue weighted by Crippen LogP contribution is -2.36. The van der Waals surface area contributed by atoms with Crippen LogP contribution >= 0.6 is 0 Å². The van der Waals surface area contributed by atoms with E-state index in [1.807, 2.05) is 12.1 Å². The summed E-state index contributed by atoms with van der Waals surface area (Å²) in [4.78, 5) is 26.8. The van der Waals surface area contributed by atoms with Crippen LogP contribution < -0.4 is 10.2 Å². The van der Waals surface area contributed by atoms with Crippen molar-refractivity contribution in [3.05, 3.63) is 59.7 Å². The molecule has 1 heterocycles. The molecule has 26 heavy (non-hydrogen) atoms. The Morgan fingerprint density at radius 1 is 1.08 bits per heavy atom. The number of rotatable bonds is 5. The molecule has 1 aliphatic heterocycles. The first-order chi connectivity index (χ1) is 12.7. The largest absolute Gasteiger partial charge is 0.462 e. The van der Waals surface area contributed by atoms with Crippen molar-refractivity contribution < 1.29 is 19.1 Å². The van der Waals surface area contributed by atoms with Gasteiger partial charge < -0.3 is 19.7 Å². The molecule has 6 nitrogen and oxygen atoms in total. The fourth-order valence-electron chi connectivity index (χ4n) is 2.82. The van der Waals surface area contributed by atoms with Gasteiger partial charge in [-0.2, -0.15) is 0 Å². The molecule has 0 aromatic heterocycles. The molecule has 2 aromatic carbocycles. The predicted octanol–water partition coefficient (Wildman–Crippen LogP) is 2.95. The fraction of sp³-hybridized carbons (Fsp3) is 0.300. The molecule has 0 saturated carbocycles. The Bertz CT molecular complexity index is 768. The Morgan fingerprint density at radius 3 is 2.46 bits per heavy atom. The fourth-order valence-corrected chi connectivity index (χ4v) is 2.82. The van der Waals surface area contributed by atoms with Gasteiger partial charge in [0.2, 0.25) is 0 Å². The first-order valence-corrected chi connectivity index (χ1v) is 8.69. The summed E-state index contributed by atoms with van der Waals surface area (Å²) in [6, 6.07) is 14.2. The van der Waals surface area contributed by atoms with E-state index >= 15 is 0 Å². The van der Waals surface area contributed by atoms with Crippen molar-refractivity contribution in [3.8, 4) is 0 Å². The van der Waals surface area contributed by atoms with Crippen LogP contribution in [0.3, 0.4) is 0 Å². The minimum absolute atomic E-state index is 0.268. The molecule has 0 atom stereocenters. The van der Waals surface area contributed by atoms with E-state index in [0.29, 0.717) is 30.0 Å². The summed E-state index contributed by atoms with van der Waals surface area (Å²) in [6.45, 7) is 5.15. The second kappa shape index (κ2) is 8.49. The normalized spacial score (nSPS) is 14.0. The lowest BCUT2D eigenvalue weighted by molar-refractivity contribution is 0.0527. The molecule has 0 bridgehead atoms. The highest BCUT2D eigenvalue weighted by Crippen LogP contribution is 2.20. The van der Waals surface area contributed by atoms with Crippen molar-refractivity contribution in [2.75, 3.05) is 43.1 Å². The molecule has 0 aliphatic carbocycles. The van der Waals surface area contributed by atoms with Crippen LogP contribution in [-0.2, 0) is 9.47 Å². The molecule has 3 rings (SSSR count). The third-order valence-corrected chi connectivity index (χ3v) is 4.18. The Kier molecular flexibility index (Phi) is 5.86. The number of hydrogen-bond acceptors (Lipinski definition) is 5. The van der Waals surface area contributed by atoms with Gasteiger partial charge in [0.25, 0.3) is 5.91 Å². The minimum Gasteiger partial charge on any atom is -0.462 e. The molecule has 1 fully saturated rings. The number of para-hydroxylation sites is 1. The summed E-state index contributed by atoms with van der Waals surface area (Å²) in [5.41, 5.74) is 2.37. The van der Waals surface area contributed by atoms with E-state index in [9.17, 15) is 9.59 Å². The van der Waals surface area contributed by atoms with Crippen molar-refractivity contribution in [3.63, 3.8) is 0 Å². The Morgan fingerprint density at radius 2 is 1.77 bits per heavy atom. The number of hydrogen-bond donors (Lipinski definition) is 1. The number of amides is 1. The van der Waals surface area contributed by atoms with Crippen LogP contribution in [0.1, 0.15) is 27.6 Å². The van der Waals surface area contributed by atoms with E-state index in [0.717, 1.165) is 18.8 Å². The molecule has 0 unspecified atom stereocenters. The zero-order chi connectivity index (χ0) is 18.4. The molecular formula is C20H22N2O4. The number of nitrogens with one attached hydrogen (secondary N) is 1. The first-order valence-electron chi connectivity index (χ1n) is 8.69. The first kappa shape index (κ1) is 17.9. The number of morpholine rings is 1. The summed E-state index contributed by atoms with van der Waals surface area (Å²) in [7, 11) is 0. The van der Waals surface area contributed by atoms with Crippen LogP contribution in [0.15, 0.2) is 48.5 Å². The van der Waals surface area contributed by atoms with Crippen LogP contribution in [0.2, 0.25) is 0 Å². The summed E-state index contributed by atoms with van der Waals surface area (Å²) in [5, 5.41) is 2.79. The molecule has 1 amide bonds. The molecular weight excluding hydrogens is 332 g/mol. The van der Waals surface area contributed by atoms with E-state index < -0.39 is 5.97 Å². The smallest absolute Gasteiger partial charge is 0.340 e. The number of esters is 1. The van der Waals surface area contributed by atoms with Crippen LogP contribution in [0.25, 0.3) is 0 Å². The van der Waals surface area contributed by atoms with Gasteiger partial charge in [-0.25, -0.2) is 4.79 Å². The molecule has 0 spiro atoms. The molecule has 1 saturated heterocycles. The quantitative estimate of drug-likeness (QED) is 0.836. The number of anilines is 2. The topological polar surface area (TPSA) is 67.9 Å². The van der Waals surface area contributed by atoms with Gasteiger partial charge in [-0.05, 0) is 43.3 Å². The summed E-state index contributed by atoms with van der Waals surface area (Å²) in [6.07, 6.45) is 0.